The lowest BCUT2D eigenvalue weighted by Gasteiger charge is -2.46. The lowest BCUT2D eigenvalue weighted by Crippen LogP contribution is -2.66. The summed E-state index contributed by atoms with van der Waals surface area (Å²) in [6, 6.07) is 9.75. The van der Waals surface area contributed by atoms with E-state index in [0.29, 0.717) is 18.7 Å². The summed E-state index contributed by atoms with van der Waals surface area (Å²) in [6.45, 7) is 4.78. The van der Waals surface area contributed by atoms with Crippen LogP contribution in [-0.4, -0.2) is 39.3 Å². The van der Waals surface area contributed by atoms with Crippen molar-refractivity contribution in [1.29, 1.82) is 0 Å². The van der Waals surface area contributed by atoms with Crippen molar-refractivity contribution in [2.24, 2.45) is 5.92 Å². The van der Waals surface area contributed by atoms with Gasteiger partial charge in [0.05, 0.1) is 12.6 Å². The first kappa shape index (κ1) is 17.2. The number of aliphatic hydroxyl groups excluding tert-OH is 1. The number of hydrogen-bond acceptors (Lipinski definition) is 3. The molecule has 2 atom stereocenters. The van der Waals surface area contributed by atoms with E-state index >= 15 is 0 Å². The molecule has 4 nitrogen and oxygen atoms in total. The number of carbonyl (C=O) groups excluding carboxylic acids is 1. The number of hydrogen-bond donors (Lipinski definition) is 2. The molecule has 1 saturated carbocycles. The number of nitrogens with zero attached hydrogens (tertiary/aromatic N) is 1. The zero-order valence-corrected chi connectivity index (χ0v) is 14.2. The van der Waals surface area contributed by atoms with Gasteiger partial charge in [0.15, 0.2) is 5.60 Å². The molecule has 0 aromatic heterocycles. The monoisotopic (exact) mass is 329 g/mol. The normalized spacial score (nSPS) is 26.1. The number of aliphatic hydroxyl groups is 2. The molecule has 3 rings (SSSR count). The Kier molecular flexibility index (Phi) is 5.07. The number of carbonyl (C=O) groups is 1. The molecule has 2 N–H and O–H groups in total. The van der Waals surface area contributed by atoms with Crippen LogP contribution in [0, 0.1) is 5.92 Å². The Labute approximate surface area is 143 Å². The van der Waals surface area contributed by atoms with Gasteiger partial charge in [-0.2, -0.15) is 0 Å². The summed E-state index contributed by atoms with van der Waals surface area (Å²) in [6.07, 6.45) is 5.08. The van der Waals surface area contributed by atoms with E-state index < -0.39 is 11.7 Å². The number of rotatable bonds is 6. The van der Waals surface area contributed by atoms with Gasteiger partial charge < -0.3 is 15.1 Å². The Balaban J connectivity index is 1.53. The van der Waals surface area contributed by atoms with Crippen molar-refractivity contribution in [2.45, 2.75) is 56.8 Å². The molecule has 1 saturated heterocycles. The minimum absolute atomic E-state index is 0.161. The van der Waals surface area contributed by atoms with Crippen LogP contribution in [-0.2, 0) is 11.3 Å². The molecule has 2 fully saturated rings. The minimum atomic E-state index is -1.39. The summed E-state index contributed by atoms with van der Waals surface area (Å²) in [5.41, 5.74) is 0.257. The Hall–Kier alpha value is -1.65. The SMILES string of the molecule is C=C(C[C@]1(O)CN(Cc2ccccc2)C1=O)[C@H](O)C1CCCCC1. The standard InChI is InChI=1S/C20H27NO3/c1-15(18(22)17-10-6-3-7-11-17)12-20(24)14-21(19(20)23)13-16-8-4-2-5-9-16/h2,4-5,8-9,17-18,22,24H,1,3,6-7,10-14H2/t18-,20-/m0/s1. The van der Waals surface area contributed by atoms with E-state index in [2.05, 4.69) is 6.58 Å². The quantitative estimate of drug-likeness (QED) is 0.623. The molecule has 1 aliphatic carbocycles. The second kappa shape index (κ2) is 7.08. The first-order valence-electron chi connectivity index (χ1n) is 8.91. The van der Waals surface area contributed by atoms with Crippen LogP contribution in [0.4, 0.5) is 0 Å². The fourth-order valence-electron chi connectivity index (χ4n) is 3.98. The molecule has 130 valence electrons. The van der Waals surface area contributed by atoms with E-state index in [1.165, 1.54) is 6.42 Å². The molecular formula is C20H27NO3. The van der Waals surface area contributed by atoms with Crippen LogP contribution in [0.15, 0.2) is 42.5 Å². The van der Waals surface area contributed by atoms with Gasteiger partial charge in [0.1, 0.15) is 0 Å². The van der Waals surface area contributed by atoms with Crippen LogP contribution < -0.4 is 0 Å². The summed E-state index contributed by atoms with van der Waals surface area (Å²) >= 11 is 0. The van der Waals surface area contributed by atoms with Crippen molar-refractivity contribution in [3.05, 3.63) is 48.0 Å². The third-order valence-electron chi connectivity index (χ3n) is 5.39. The molecule has 1 aromatic carbocycles. The first-order chi connectivity index (χ1) is 11.5. The molecule has 1 amide bonds. The second-order valence-electron chi connectivity index (χ2n) is 7.36. The molecule has 2 aliphatic rings. The smallest absolute Gasteiger partial charge is 0.257 e. The maximum Gasteiger partial charge on any atom is 0.257 e. The predicted molar refractivity (Wildman–Crippen MR) is 93.1 cm³/mol. The number of amides is 1. The van der Waals surface area contributed by atoms with Crippen molar-refractivity contribution in [2.75, 3.05) is 6.54 Å². The molecule has 24 heavy (non-hydrogen) atoms. The lowest BCUT2D eigenvalue weighted by molar-refractivity contribution is -0.176. The van der Waals surface area contributed by atoms with Gasteiger partial charge >= 0.3 is 0 Å². The van der Waals surface area contributed by atoms with Gasteiger partial charge in [-0.15, -0.1) is 0 Å². The largest absolute Gasteiger partial charge is 0.388 e. The van der Waals surface area contributed by atoms with E-state index in [-0.39, 0.29) is 18.2 Å². The third kappa shape index (κ3) is 3.55. The number of likely N-dealkylation sites (tertiary alicyclic amines) is 1. The summed E-state index contributed by atoms with van der Waals surface area (Å²) in [7, 11) is 0. The van der Waals surface area contributed by atoms with Crippen LogP contribution in [0.25, 0.3) is 0 Å². The van der Waals surface area contributed by atoms with E-state index in [9.17, 15) is 15.0 Å². The fourth-order valence-corrected chi connectivity index (χ4v) is 3.98. The molecular weight excluding hydrogens is 302 g/mol. The van der Waals surface area contributed by atoms with Crippen LogP contribution in [0.5, 0.6) is 0 Å². The van der Waals surface area contributed by atoms with Crippen molar-refractivity contribution in [3.63, 3.8) is 0 Å². The summed E-state index contributed by atoms with van der Waals surface area (Å²) in [5.74, 6) is -0.0335. The van der Waals surface area contributed by atoms with Gasteiger partial charge in [-0.05, 0) is 29.9 Å². The van der Waals surface area contributed by atoms with Crippen molar-refractivity contribution >= 4 is 5.91 Å². The highest BCUT2D eigenvalue weighted by Crippen LogP contribution is 2.35. The van der Waals surface area contributed by atoms with E-state index in [1.807, 2.05) is 30.3 Å². The van der Waals surface area contributed by atoms with Gasteiger partial charge in [0, 0.05) is 13.0 Å². The van der Waals surface area contributed by atoms with Crippen LogP contribution in [0.1, 0.15) is 44.1 Å². The molecule has 0 spiro atoms. The van der Waals surface area contributed by atoms with Gasteiger partial charge in [-0.1, -0.05) is 56.2 Å². The highest BCUT2D eigenvalue weighted by atomic mass is 16.3. The minimum Gasteiger partial charge on any atom is -0.388 e. The van der Waals surface area contributed by atoms with Gasteiger partial charge in [0.2, 0.25) is 0 Å². The number of β-lactam (4-membered cyclic amide) rings is 1. The molecule has 1 aromatic rings. The number of β-amino-alcohol motifs (C(OH)–C–C–N with tert-alkyl or cyclic N) is 1. The van der Waals surface area contributed by atoms with Gasteiger partial charge in [0.25, 0.3) is 5.91 Å². The lowest BCUT2D eigenvalue weighted by atomic mass is 9.78. The maximum absolute atomic E-state index is 12.4. The molecule has 1 aliphatic heterocycles. The highest BCUT2D eigenvalue weighted by Gasteiger charge is 2.51. The van der Waals surface area contributed by atoms with Crippen LogP contribution in [0.3, 0.4) is 0 Å². The Morgan fingerprint density at radius 1 is 1.25 bits per heavy atom. The average Bonchev–Trinajstić information content (AvgIpc) is 2.62. The molecule has 0 unspecified atom stereocenters. The molecule has 1 heterocycles. The molecule has 0 bridgehead atoms. The zero-order valence-electron chi connectivity index (χ0n) is 14.2. The summed E-state index contributed by atoms with van der Waals surface area (Å²) < 4.78 is 0. The van der Waals surface area contributed by atoms with Crippen molar-refractivity contribution in [3.8, 4) is 0 Å². The van der Waals surface area contributed by atoms with Crippen LogP contribution in [0.2, 0.25) is 0 Å². The number of benzene rings is 1. The average molecular weight is 329 g/mol. The molecule has 4 heteroatoms. The zero-order chi connectivity index (χ0) is 17.2. The fraction of sp³-hybridized carbons (Fsp3) is 0.550. The Bertz CT molecular complexity index is 594. The Morgan fingerprint density at radius 3 is 2.54 bits per heavy atom. The second-order valence-corrected chi connectivity index (χ2v) is 7.36. The molecule has 0 radical (unpaired) electrons. The highest BCUT2D eigenvalue weighted by molar-refractivity contribution is 5.91. The topological polar surface area (TPSA) is 60.8 Å². The Morgan fingerprint density at radius 2 is 1.92 bits per heavy atom. The van der Waals surface area contributed by atoms with Crippen molar-refractivity contribution in [1.82, 2.24) is 4.90 Å². The van der Waals surface area contributed by atoms with Crippen LogP contribution >= 0.6 is 0 Å². The van der Waals surface area contributed by atoms with E-state index in [4.69, 9.17) is 0 Å². The van der Waals surface area contributed by atoms with Crippen molar-refractivity contribution < 1.29 is 15.0 Å². The summed E-state index contributed by atoms with van der Waals surface area (Å²) in [5, 5.41) is 21.1. The maximum atomic E-state index is 12.4. The van der Waals surface area contributed by atoms with Gasteiger partial charge in [-0.25, -0.2) is 0 Å². The predicted octanol–water partition coefficient (Wildman–Crippen LogP) is 2.65. The first-order valence-corrected chi connectivity index (χ1v) is 8.91. The van der Waals surface area contributed by atoms with Gasteiger partial charge in [-0.3, -0.25) is 4.79 Å². The third-order valence-corrected chi connectivity index (χ3v) is 5.39. The van der Waals surface area contributed by atoms with E-state index in [0.717, 1.165) is 31.2 Å². The van der Waals surface area contributed by atoms with E-state index in [1.54, 1.807) is 4.90 Å². The summed E-state index contributed by atoms with van der Waals surface area (Å²) in [4.78, 5) is 14.0.